The maximum atomic E-state index is 12.6. The number of nitrogens with one attached hydrogen (secondary N) is 1. The van der Waals surface area contributed by atoms with E-state index in [1.54, 1.807) is 39.3 Å². The molecule has 2 aliphatic rings. The summed E-state index contributed by atoms with van der Waals surface area (Å²) in [5.74, 6) is 1.45. The molecule has 1 aromatic heterocycles. The van der Waals surface area contributed by atoms with Crippen molar-refractivity contribution < 1.29 is 23.4 Å². The highest BCUT2D eigenvalue weighted by Crippen LogP contribution is 2.51. The van der Waals surface area contributed by atoms with E-state index in [1.807, 2.05) is 24.3 Å². The predicted octanol–water partition coefficient (Wildman–Crippen LogP) is 7.06. The lowest BCUT2D eigenvalue weighted by Gasteiger charge is -2.33. The predicted molar refractivity (Wildman–Crippen MR) is 152 cm³/mol. The average molecular weight is 523 g/mol. The van der Waals surface area contributed by atoms with Gasteiger partial charge in [-0.3, -0.25) is 0 Å². The van der Waals surface area contributed by atoms with Gasteiger partial charge in [0.05, 0.1) is 31.7 Å². The second-order valence-corrected chi connectivity index (χ2v) is 10.3. The second-order valence-electron chi connectivity index (χ2n) is 10.3. The van der Waals surface area contributed by atoms with Crippen LogP contribution in [0.4, 0.5) is 11.4 Å². The number of methoxy groups -OCH3 is 2. The number of benzene rings is 3. The van der Waals surface area contributed by atoms with Crippen LogP contribution in [0.15, 0.2) is 77.4 Å². The highest BCUT2D eigenvalue weighted by molar-refractivity contribution is 5.98. The van der Waals surface area contributed by atoms with Gasteiger partial charge in [-0.2, -0.15) is 0 Å². The zero-order chi connectivity index (χ0) is 27.3. The molecule has 4 aromatic rings. The number of rotatable bonds is 6. The maximum Gasteiger partial charge on any atom is 0.379 e. The first-order valence-corrected chi connectivity index (χ1v) is 12.8. The molecule has 7 heteroatoms. The number of aryl methyl sites for hydroxylation is 1. The van der Waals surface area contributed by atoms with Gasteiger partial charge in [0.15, 0.2) is 0 Å². The number of hydrogen-bond acceptors (Lipinski definition) is 7. The van der Waals surface area contributed by atoms with Crippen molar-refractivity contribution in [3.63, 3.8) is 0 Å². The van der Waals surface area contributed by atoms with Gasteiger partial charge in [-0.25, -0.2) is 4.79 Å². The third-order valence-electron chi connectivity index (χ3n) is 7.23. The first-order valence-electron chi connectivity index (χ1n) is 12.8. The van der Waals surface area contributed by atoms with Crippen LogP contribution in [-0.4, -0.2) is 25.7 Å². The van der Waals surface area contributed by atoms with E-state index in [4.69, 9.17) is 18.6 Å². The molecule has 0 spiro atoms. The lowest BCUT2D eigenvalue weighted by Crippen LogP contribution is -2.33. The Balaban J connectivity index is 1.43. The quantitative estimate of drug-likeness (QED) is 0.215. The topological polar surface area (TPSA) is 73.2 Å². The molecule has 0 unspecified atom stereocenters. The number of para-hydroxylation sites is 2. The van der Waals surface area contributed by atoms with Crippen LogP contribution in [0.5, 0.6) is 17.2 Å². The molecule has 0 atom stereocenters. The van der Waals surface area contributed by atoms with Crippen LogP contribution < -0.4 is 24.4 Å². The molecular formula is C32H30N2O5. The Bertz CT molecular complexity index is 1630. The van der Waals surface area contributed by atoms with Crippen LogP contribution in [0.1, 0.15) is 41.1 Å². The number of furan rings is 1. The Morgan fingerprint density at radius 1 is 0.974 bits per heavy atom. The van der Waals surface area contributed by atoms with Gasteiger partial charge < -0.3 is 28.8 Å². The van der Waals surface area contributed by atoms with Gasteiger partial charge >= 0.3 is 5.97 Å². The molecule has 0 bridgehead atoms. The number of carbonyl (C=O) groups excluding carboxylic acids is 1. The lowest BCUT2D eigenvalue weighted by atomic mass is 9.89. The van der Waals surface area contributed by atoms with Gasteiger partial charge in [0.2, 0.25) is 5.76 Å². The summed E-state index contributed by atoms with van der Waals surface area (Å²) in [4.78, 5) is 14.9. The van der Waals surface area contributed by atoms with Crippen molar-refractivity contribution in [1.29, 1.82) is 0 Å². The first kappa shape index (κ1) is 24.7. The van der Waals surface area contributed by atoms with Crippen LogP contribution >= 0.6 is 0 Å². The van der Waals surface area contributed by atoms with Gasteiger partial charge in [0, 0.05) is 40.7 Å². The van der Waals surface area contributed by atoms with Crippen molar-refractivity contribution in [2.75, 3.05) is 24.4 Å². The number of anilines is 2. The van der Waals surface area contributed by atoms with Crippen molar-refractivity contribution >= 4 is 23.0 Å². The molecule has 0 saturated carbocycles. The second kappa shape index (κ2) is 9.27. The summed E-state index contributed by atoms with van der Waals surface area (Å²) in [6.07, 6.45) is 3.75. The van der Waals surface area contributed by atoms with Crippen molar-refractivity contribution in [3.05, 3.63) is 95.5 Å². The summed E-state index contributed by atoms with van der Waals surface area (Å²) in [5, 5.41) is 3.67. The molecule has 7 nitrogen and oxygen atoms in total. The lowest BCUT2D eigenvalue weighted by molar-refractivity contribution is 0.0700. The maximum absolute atomic E-state index is 12.6. The van der Waals surface area contributed by atoms with Gasteiger partial charge in [-0.15, -0.1) is 0 Å². The molecule has 6 rings (SSSR count). The summed E-state index contributed by atoms with van der Waals surface area (Å²) < 4.78 is 22.4. The molecule has 198 valence electrons. The third kappa shape index (κ3) is 4.20. The molecule has 3 aromatic carbocycles. The Morgan fingerprint density at radius 3 is 2.49 bits per heavy atom. The van der Waals surface area contributed by atoms with E-state index in [2.05, 4.69) is 48.3 Å². The zero-order valence-electron chi connectivity index (χ0n) is 22.6. The Hall–Kier alpha value is -4.65. The van der Waals surface area contributed by atoms with E-state index in [0.29, 0.717) is 18.0 Å². The molecular weight excluding hydrogens is 492 g/mol. The molecule has 39 heavy (non-hydrogen) atoms. The van der Waals surface area contributed by atoms with Crippen LogP contribution in [0, 0.1) is 6.92 Å². The summed E-state index contributed by atoms with van der Waals surface area (Å²) in [5.41, 5.74) is 8.07. The third-order valence-corrected chi connectivity index (χ3v) is 7.23. The standard InChI is InChI=1S/C32H30N2O5/c1-19-14-15-38-30(19)31(35)39-20-10-11-22(28(16-20)37-5)21-12-13-24-29-23(21)18-34(26(29)17-32(2,3)33-24)25-8-6-7-9-27(25)36-4/h6-17,33H,18H2,1-5H3. The Kier molecular flexibility index (Phi) is 5.87. The van der Waals surface area contributed by atoms with Gasteiger partial charge in [0.25, 0.3) is 0 Å². The monoisotopic (exact) mass is 522 g/mol. The van der Waals surface area contributed by atoms with E-state index in [0.717, 1.165) is 39.5 Å². The molecule has 3 heterocycles. The number of carbonyl (C=O) groups is 1. The fourth-order valence-electron chi connectivity index (χ4n) is 5.47. The Labute approximate surface area is 227 Å². The molecule has 0 saturated heterocycles. The first-order chi connectivity index (χ1) is 18.8. The van der Waals surface area contributed by atoms with Gasteiger partial charge in [0.1, 0.15) is 17.2 Å². The minimum Gasteiger partial charge on any atom is -0.496 e. The SMILES string of the molecule is COc1cc(OC(=O)c2occc2C)ccc1-c1ccc2c3c1CN(c1ccccc1OC)C3=CC(C)(C)N2. The number of hydrogen-bond donors (Lipinski definition) is 1. The van der Waals surface area contributed by atoms with Crippen molar-refractivity contribution in [2.45, 2.75) is 32.9 Å². The minimum atomic E-state index is -0.546. The summed E-state index contributed by atoms with van der Waals surface area (Å²) in [7, 11) is 3.32. The summed E-state index contributed by atoms with van der Waals surface area (Å²) in [6.45, 7) is 6.81. The van der Waals surface area contributed by atoms with Crippen LogP contribution in [-0.2, 0) is 6.54 Å². The highest BCUT2D eigenvalue weighted by Gasteiger charge is 2.37. The van der Waals surface area contributed by atoms with E-state index in [-0.39, 0.29) is 11.3 Å². The fraction of sp³-hybridized carbons (Fsp3) is 0.219. The zero-order valence-corrected chi connectivity index (χ0v) is 22.6. The van der Waals surface area contributed by atoms with Crippen molar-refractivity contribution in [2.24, 2.45) is 0 Å². The normalized spacial score (nSPS) is 14.8. The van der Waals surface area contributed by atoms with Gasteiger partial charge in [-0.1, -0.05) is 18.2 Å². The smallest absolute Gasteiger partial charge is 0.379 e. The molecule has 1 N–H and O–H groups in total. The fourth-order valence-corrected chi connectivity index (χ4v) is 5.47. The van der Waals surface area contributed by atoms with Crippen molar-refractivity contribution in [1.82, 2.24) is 0 Å². The average Bonchev–Trinajstić information content (AvgIpc) is 3.52. The van der Waals surface area contributed by atoms with E-state index >= 15 is 0 Å². The van der Waals surface area contributed by atoms with E-state index < -0.39 is 5.97 Å². The minimum absolute atomic E-state index is 0.187. The van der Waals surface area contributed by atoms with Crippen molar-refractivity contribution in [3.8, 4) is 28.4 Å². The number of ether oxygens (including phenoxy) is 3. The van der Waals surface area contributed by atoms with Crippen LogP contribution in [0.2, 0.25) is 0 Å². The van der Waals surface area contributed by atoms with E-state index in [1.165, 1.54) is 17.4 Å². The highest BCUT2D eigenvalue weighted by atomic mass is 16.5. The van der Waals surface area contributed by atoms with E-state index in [9.17, 15) is 4.79 Å². The largest absolute Gasteiger partial charge is 0.496 e. The molecule has 2 aliphatic heterocycles. The summed E-state index contributed by atoms with van der Waals surface area (Å²) >= 11 is 0. The summed E-state index contributed by atoms with van der Waals surface area (Å²) in [6, 6.07) is 19.5. The number of esters is 1. The Morgan fingerprint density at radius 2 is 1.74 bits per heavy atom. The number of nitrogens with zero attached hydrogens (tertiary/aromatic N) is 1. The van der Waals surface area contributed by atoms with Gasteiger partial charge in [-0.05, 0) is 74.4 Å². The molecule has 0 amide bonds. The van der Waals surface area contributed by atoms with Crippen LogP contribution in [0.25, 0.3) is 16.8 Å². The molecule has 0 fully saturated rings. The molecule has 0 radical (unpaired) electrons. The molecule has 0 aliphatic carbocycles. The van der Waals surface area contributed by atoms with Crippen LogP contribution in [0.3, 0.4) is 0 Å².